The molecule has 0 aliphatic carbocycles. The first-order chi connectivity index (χ1) is 13.5. The Balaban J connectivity index is 1.97. The Labute approximate surface area is 167 Å². The van der Waals surface area contributed by atoms with Gasteiger partial charge in [0.25, 0.3) is 0 Å². The van der Waals surface area contributed by atoms with Crippen LogP contribution in [0.5, 0.6) is 11.5 Å². The van der Waals surface area contributed by atoms with Crippen molar-refractivity contribution in [3.8, 4) is 11.5 Å². The van der Waals surface area contributed by atoms with E-state index in [4.69, 9.17) is 4.74 Å². The number of phenolic OH excluding ortho intramolecular Hbond substituents is 1. The van der Waals surface area contributed by atoms with Crippen LogP contribution in [-0.4, -0.2) is 37.3 Å². The molecule has 3 aromatic carbocycles. The highest BCUT2D eigenvalue weighted by Crippen LogP contribution is 2.33. The van der Waals surface area contributed by atoms with Gasteiger partial charge < -0.3 is 14.7 Å². The molecule has 0 saturated carbocycles. The van der Waals surface area contributed by atoms with Gasteiger partial charge in [0.05, 0.1) is 0 Å². The zero-order valence-electron chi connectivity index (χ0n) is 16.7. The Hall–Kier alpha value is -3.04. The van der Waals surface area contributed by atoms with E-state index >= 15 is 0 Å². The molecule has 3 heteroatoms. The van der Waals surface area contributed by atoms with Gasteiger partial charge in [-0.25, -0.2) is 0 Å². The standard InChI is InChI=1S/C25H27NO2/c1-19(20-7-5-4-6-8-20)25(21-9-13-23(27)14-10-21)22-11-15-24(16-12-22)28-18-17-26(2)3/h4-16,27H,17-18H2,1-3H3/b25-19+. The average Bonchev–Trinajstić information content (AvgIpc) is 2.71. The molecule has 28 heavy (non-hydrogen) atoms. The second-order valence-electron chi connectivity index (χ2n) is 7.09. The summed E-state index contributed by atoms with van der Waals surface area (Å²) in [6.45, 7) is 3.68. The van der Waals surface area contributed by atoms with Crippen LogP contribution in [-0.2, 0) is 0 Å². The summed E-state index contributed by atoms with van der Waals surface area (Å²) >= 11 is 0. The lowest BCUT2D eigenvalue weighted by Crippen LogP contribution is -2.19. The maximum absolute atomic E-state index is 9.69. The van der Waals surface area contributed by atoms with Crippen LogP contribution in [0.2, 0.25) is 0 Å². The monoisotopic (exact) mass is 373 g/mol. The summed E-state index contributed by atoms with van der Waals surface area (Å²) < 4.78 is 5.83. The first kappa shape index (κ1) is 19.7. The normalized spacial score (nSPS) is 12.0. The van der Waals surface area contributed by atoms with Crippen molar-refractivity contribution in [2.24, 2.45) is 0 Å². The maximum Gasteiger partial charge on any atom is 0.119 e. The van der Waals surface area contributed by atoms with Gasteiger partial charge in [-0.3, -0.25) is 0 Å². The molecule has 0 fully saturated rings. The molecule has 1 N–H and O–H groups in total. The lowest BCUT2D eigenvalue weighted by molar-refractivity contribution is 0.261. The Morgan fingerprint density at radius 2 is 1.36 bits per heavy atom. The van der Waals surface area contributed by atoms with Gasteiger partial charge in [-0.2, -0.15) is 0 Å². The number of likely N-dealkylation sites (N-methyl/N-ethyl adjacent to an activating group) is 1. The van der Waals surface area contributed by atoms with Gasteiger partial charge in [0.2, 0.25) is 0 Å². The van der Waals surface area contributed by atoms with Crippen molar-refractivity contribution in [2.75, 3.05) is 27.2 Å². The lowest BCUT2D eigenvalue weighted by Gasteiger charge is -2.15. The summed E-state index contributed by atoms with van der Waals surface area (Å²) in [6, 6.07) is 26.0. The number of hydrogen-bond acceptors (Lipinski definition) is 3. The Bertz CT molecular complexity index is 911. The quantitative estimate of drug-likeness (QED) is 0.570. The zero-order chi connectivity index (χ0) is 19.9. The number of nitrogens with zero attached hydrogens (tertiary/aromatic N) is 1. The van der Waals surface area contributed by atoms with Gasteiger partial charge in [0.15, 0.2) is 0 Å². The van der Waals surface area contributed by atoms with Gasteiger partial charge in [-0.05, 0) is 73.1 Å². The van der Waals surface area contributed by atoms with E-state index in [1.54, 1.807) is 12.1 Å². The van der Waals surface area contributed by atoms with Crippen LogP contribution in [0.3, 0.4) is 0 Å². The molecule has 3 aromatic rings. The zero-order valence-corrected chi connectivity index (χ0v) is 16.7. The first-order valence-corrected chi connectivity index (χ1v) is 9.48. The average molecular weight is 373 g/mol. The van der Waals surface area contributed by atoms with Crippen molar-refractivity contribution in [3.05, 3.63) is 95.6 Å². The van der Waals surface area contributed by atoms with E-state index in [0.717, 1.165) is 29.0 Å². The third-order valence-corrected chi connectivity index (χ3v) is 4.69. The first-order valence-electron chi connectivity index (χ1n) is 9.48. The van der Waals surface area contributed by atoms with Gasteiger partial charge >= 0.3 is 0 Å². The van der Waals surface area contributed by atoms with Crippen LogP contribution in [0.15, 0.2) is 78.9 Å². The van der Waals surface area contributed by atoms with Crippen LogP contribution in [0.25, 0.3) is 11.1 Å². The summed E-state index contributed by atoms with van der Waals surface area (Å²) in [5.74, 6) is 1.14. The molecule has 0 aliphatic heterocycles. The topological polar surface area (TPSA) is 32.7 Å². The van der Waals surface area contributed by atoms with E-state index in [2.05, 4.69) is 48.2 Å². The van der Waals surface area contributed by atoms with E-state index in [1.165, 1.54) is 11.1 Å². The fourth-order valence-corrected chi connectivity index (χ4v) is 3.12. The van der Waals surface area contributed by atoms with E-state index in [0.29, 0.717) is 6.61 Å². The van der Waals surface area contributed by atoms with Gasteiger partial charge in [0.1, 0.15) is 18.1 Å². The number of hydrogen-bond donors (Lipinski definition) is 1. The van der Waals surface area contributed by atoms with Gasteiger partial charge in [-0.1, -0.05) is 54.6 Å². The second kappa shape index (κ2) is 9.25. The maximum atomic E-state index is 9.69. The molecule has 0 radical (unpaired) electrons. The second-order valence-corrected chi connectivity index (χ2v) is 7.09. The van der Waals surface area contributed by atoms with Gasteiger partial charge in [-0.15, -0.1) is 0 Å². The highest BCUT2D eigenvalue weighted by molar-refractivity contribution is 5.97. The Morgan fingerprint density at radius 1 is 0.786 bits per heavy atom. The van der Waals surface area contributed by atoms with Crippen LogP contribution in [0.4, 0.5) is 0 Å². The van der Waals surface area contributed by atoms with Crippen LogP contribution in [0, 0.1) is 0 Å². The van der Waals surface area contributed by atoms with Crippen LogP contribution in [0.1, 0.15) is 23.6 Å². The summed E-state index contributed by atoms with van der Waals surface area (Å²) in [6.07, 6.45) is 0. The smallest absolute Gasteiger partial charge is 0.119 e. The molecule has 0 atom stereocenters. The third-order valence-electron chi connectivity index (χ3n) is 4.69. The largest absolute Gasteiger partial charge is 0.508 e. The fraction of sp³-hybridized carbons (Fsp3) is 0.200. The minimum atomic E-state index is 0.269. The minimum Gasteiger partial charge on any atom is -0.508 e. The number of aromatic hydroxyl groups is 1. The van der Waals surface area contributed by atoms with E-state index < -0.39 is 0 Å². The summed E-state index contributed by atoms with van der Waals surface area (Å²) in [5.41, 5.74) is 5.70. The third kappa shape index (κ3) is 5.02. The van der Waals surface area contributed by atoms with Crippen molar-refractivity contribution in [1.29, 1.82) is 0 Å². The summed E-state index contributed by atoms with van der Waals surface area (Å²) in [4.78, 5) is 2.10. The minimum absolute atomic E-state index is 0.269. The van der Waals surface area contributed by atoms with Crippen molar-refractivity contribution < 1.29 is 9.84 Å². The molecule has 0 heterocycles. The predicted octanol–water partition coefficient (Wildman–Crippen LogP) is 5.31. The SMILES string of the molecule is C/C(=C(/c1ccc(O)cc1)c1ccc(OCCN(C)C)cc1)c1ccccc1. The molecule has 0 bridgehead atoms. The number of benzene rings is 3. The van der Waals surface area contributed by atoms with Crippen LogP contribution >= 0.6 is 0 Å². The van der Waals surface area contributed by atoms with Crippen molar-refractivity contribution in [1.82, 2.24) is 4.90 Å². The summed E-state index contributed by atoms with van der Waals surface area (Å²) in [7, 11) is 4.07. The molecule has 0 spiro atoms. The fourth-order valence-electron chi connectivity index (χ4n) is 3.12. The molecule has 0 saturated heterocycles. The summed E-state index contributed by atoms with van der Waals surface area (Å²) in [5, 5.41) is 9.69. The van der Waals surface area contributed by atoms with E-state index in [1.807, 2.05) is 44.4 Å². The van der Waals surface area contributed by atoms with Crippen molar-refractivity contribution in [3.63, 3.8) is 0 Å². The Morgan fingerprint density at radius 3 is 1.93 bits per heavy atom. The van der Waals surface area contributed by atoms with E-state index in [9.17, 15) is 5.11 Å². The van der Waals surface area contributed by atoms with Crippen molar-refractivity contribution >= 4 is 11.1 Å². The molecule has 144 valence electrons. The number of allylic oxidation sites excluding steroid dienone is 1. The van der Waals surface area contributed by atoms with Gasteiger partial charge in [0, 0.05) is 6.54 Å². The van der Waals surface area contributed by atoms with Crippen LogP contribution < -0.4 is 4.74 Å². The molecule has 0 unspecified atom stereocenters. The lowest BCUT2D eigenvalue weighted by atomic mass is 9.90. The Kier molecular flexibility index (Phi) is 6.51. The van der Waals surface area contributed by atoms with E-state index in [-0.39, 0.29) is 5.75 Å². The number of rotatable bonds is 7. The molecule has 0 amide bonds. The molecule has 0 aromatic heterocycles. The molecule has 3 nitrogen and oxygen atoms in total. The molecule has 0 aliphatic rings. The molecule has 3 rings (SSSR count). The van der Waals surface area contributed by atoms with Crippen molar-refractivity contribution in [2.45, 2.75) is 6.92 Å². The highest BCUT2D eigenvalue weighted by Gasteiger charge is 2.11. The number of phenols is 1. The highest BCUT2D eigenvalue weighted by atomic mass is 16.5. The molecular weight excluding hydrogens is 346 g/mol. The number of ether oxygens (including phenoxy) is 1. The molecular formula is C25H27NO2. The predicted molar refractivity (Wildman–Crippen MR) is 117 cm³/mol.